The maximum Gasteiger partial charge on any atom is 1.00 e. The number of esters is 2. The van der Waals surface area contributed by atoms with Gasteiger partial charge in [-0.25, -0.2) is 4.85 Å². The molecule has 71 heavy (non-hydrogen) atoms. The van der Waals surface area contributed by atoms with Gasteiger partial charge < -0.3 is 48.4 Å². The van der Waals surface area contributed by atoms with Crippen molar-refractivity contribution in [3.05, 3.63) is 70.6 Å². The van der Waals surface area contributed by atoms with Gasteiger partial charge in [0.15, 0.2) is 0 Å². The standard InChI is InChI=1S/C52H75N5O11S.2Na/c1-6-8-10-12-14-16-18-20-22-42(51(60)61)37-47(58)67-34-32-65-29-27-57(44-24-25-46(40(3)36-44)55-56-50-45(39-53)41(4)49(54-5)69-50)26-28-64-30-31-66-33-35-68-48(59)38-43(52(62)63)23-21-19-17-15-13-11-9-7-2;;/h18-21,24-25,36,42-43H,6-17,22-23,26-35,37-38H2,1-4H3,(H,60,61)(H,62,63);;/q;2*+1/p-2/b20-18+,21-19+,56-55?;;. The van der Waals surface area contributed by atoms with Gasteiger partial charge in [0.25, 0.3) is 0 Å². The Morgan fingerprint density at radius 2 is 1.20 bits per heavy atom. The molecule has 2 atom stereocenters. The van der Waals surface area contributed by atoms with E-state index in [2.05, 4.69) is 35.0 Å². The van der Waals surface area contributed by atoms with E-state index in [1.54, 1.807) is 19.1 Å². The van der Waals surface area contributed by atoms with Crippen LogP contribution in [0.2, 0.25) is 0 Å². The molecule has 1 heterocycles. The Hall–Kier alpha value is -3.46. The number of allylic oxidation sites excluding steroid dienone is 4. The van der Waals surface area contributed by atoms with E-state index in [0.29, 0.717) is 46.5 Å². The van der Waals surface area contributed by atoms with Gasteiger partial charge in [-0.1, -0.05) is 89.5 Å². The maximum absolute atomic E-state index is 12.5. The van der Waals surface area contributed by atoms with Crippen molar-refractivity contribution in [1.29, 1.82) is 5.26 Å². The molecule has 0 bridgehead atoms. The number of thiophene rings is 1. The number of carboxylic acid groups (broad SMARTS) is 2. The average molecular weight is 1020 g/mol. The number of hydrogen-bond acceptors (Lipinski definition) is 16. The first-order valence-corrected chi connectivity index (χ1v) is 25.2. The predicted octanol–water partition coefficient (Wildman–Crippen LogP) is 3.28. The molecule has 19 heteroatoms. The molecule has 0 spiro atoms. The van der Waals surface area contributed by atoms with Gasteiger partial charge in [-0.05, 0) is 81.7 Å². The Labute approximate surface area is 470 Å². The van der Waals surface area contributed by atoms with Crippen LogP contribution >= 0.6 is 11.3 Å². The van der Waals surface area contributed by atoms with Crippen molar-refractivity contribution in [1.82, 2.24) is 0 Å². The summed E-state index contributed by atoms with van der Waals surface area (Å²) in [6.07, 6.45) is 20.6. The fourth-order valence-electron chi connectivity index (χ4n) is 6.95. The molecule has 380 valence electrons. The number of nitrogens with zero attached hydrogens (tertiary/aromatic N) is 5. The van der Waals surface area contributed by atoms with Gasteiger partial charge >= 0.3 is 71.1 Å². The molecular weight excluding hydrogens is 949 g/mol. The van der Waals surface area contributed by atoms with Crippen LogP contribution in [0.5, 0.6) is 0 Å². The molecule has 2 rings (SSSR count). The molecule has 0 saturated heterocycles. The normalized spacial score (nSPS) is 12.0. The number of ether oxygens (including phenoxy) is 5. The number of hydrogen-bond donors (Lipinski definition) is 0. The summed E-state index contributed by atoms with van der Waals surface area (Å²) in [6, 6.07) is 7.74. The molecule has 0 radical (unpaired) electrons. The topological polar surface area (TPSA) is 217 Å². The third-order valence-corrected chi connectivity index (χ3v) is 12.2. The van der Waals surface area contributed by atoms with E-state index in [0.717, 1.165) is 61.1 Å². The van der Waals surface area contributed by atoms with Crippen LogP contribution in [0.1, 0.15) is 133 Å². The molecule has 0 fully saturated rings. The van der Waals surface area contributed by atoms with Crippen LogP contribution in [0.25, 0.3) is 4.85 Å². The second-order valence-corrected chi connectivity index (χ2v) is 17.6. The smallest absolute Gasteiger partial charge is 0.550 e. The van der Waals surface area contributed by atoms with Crippen molar-refractivity contribution in [3.63, 3.8) is 0 Å². The Morgan fingerprint density at radius 3 is 1.65 bits per heavy atom. The van der Waals surface area contributed by atoms with Crippen molar-refractivity contribution < 1.29 is 112 Å². The second-order valence-electron chi connectivity index (χ2n) is 16.6. The molecule has 1 aromatic heterocycles. The van der Waals surface area contributed by atoms with Crippen molar-refractivity contribution >= 4 is 56.6 Å². The zero-order valence-electron chi connectivity index (χ0n) is 43.2. The van der Waals surface area contributed by atoms with Crippen LogP contribution in [0.4, 0.5) is 21.4 Å². The van der Waals surface area contributed by atoms with Crippen molar-refractivity contribution in [2.75, 3.05) is 70.8 Å². The van der Waals surface area contributed by atoms with E-state index in [9.17, 15) is 34.7 Å². The van der Waals surface area contributed by atoms with Crippen LogP contribution < -0.4 is 74.2 Å². The summed E-state index contributed by atoms with van der Waals surface area (Å²) in [7, 11) is 0. The number of rotatable bonds is 40. The number of nitriles is 1. The number of anilines is 1. The first-order valence-electron chi connectivity index (χ1n) is 24.4. The molecule has 0 amide bonds. The first-order chi connectivity index (χ1) is 33.4. The molecule has 16 nitrogen and oxygen atoms in total. The van der Waals surface area contributed by atoms with E-state index < -0.39 is 35.7 Å². The van der Waals surface area contributed by atoms with Crippen LogP contribution in [0.3, 0.4) is 0 Å². The fourth-order valence-corrected chi connectivity index (χ4v) is 7.82. The van der Waals surface area contributed by atoms with Crippen LogP contribution in [-0.2, 0) is 42.9 Å². The zero-order chi connectivity index (χ0) is 50.5. The third kappa shape index (κ3) is 30.4. The Bertz CT molecular complexity index is 2020. The minimum Gasteiger partial charge on any atom is -0.550 e. The number of azo groups is 1. The van der Waals surface area contributed by atoms with E-state index >= 15 is 0 Å². The SMILES string of the molecule is [C-]#[N+]c1sc(N=Nc2ccc(N(CCOCCOCCOC(=O)CC(C/C=C/CCCCCCC)C(=O)[O-])CCOCCOC(=O)CC(C/C=C/CCCCCCC)C(=O)[O-])cc2C)c(C#N)c1C.[Na+].[Na+]. The minimum atomic E-state index is -1.29. The van der Waals surface area contributed by atoms with Gasteiger partial charge in [0, 0.05) is 42.6 Å². The summed E-state index contributed by atoms with van der Waals surface area (Å²) < 4.78 is 27.7. The number of aliphatic carboxylic acids is 2. The van der Waals surface area contributed by atoms with Crippen molar-refractivity contribution in [2.24, 2.45) is 22.1 Å². The monoisotopic (exact) mass is 1020 g/mol. The number of aryl methyl sites for hydroxylation is 1. The van der Waals surface area contributed by atoms with E-state index in [-0.39, 0.29) is 131 Å². The minimum absolute atomic E-state index is 0. The molecule has 0 aliphatic heterocycles. The molecule has 2 unspecified atom stereocenters. The van der Waals surface area contributed by atoms with Crippen LogP contribution in [0, 0.1) is 43.6 Å². The fraction of sp³-hybridized carbons (Fsp3) is 0.615. The Balaban J connectivity index is 0.0000245. The molecule has 0 aliphatic carbocycles. The van der Waals surface area contributed by atoms with Crippen molar-refractivity contribution in [2.45, 2.75) is 130 Å². The second kappa shape index (κ2) is 43.0. The molecular formula is C52H73N5Na2O11S. The largest absolute Gasteiger partial charge is 1.00 e. The van der Waals surface area contributed by atoms with Gasteiger partial charge in [-0.2, -0.15) is 5.26 Å². The molecule has 2 aromatic rings. The summed E-state index contributed by atoms with van der Waals surface area (Å²) in [5.41, 5.74) is 3.15. The van der Waals surface area contributed by atoms with Crippen molar-refractivity contribution in [3.8, 4) is 6.07 Å². The van der Waals surface area contributed by atoms with Gasteiger partial charge in [0.05, 0.1) is 70.3 Å². The number of carboxylic acids is 2. The summed E-state index contributed by atoms with van der Waals surface area (Å²) in [6.45, 7) is 17.4. The zero-order valence-corrected chi connectivity index (χ0v) is 48.0. The summed E-state index contributed by atoms with van der Waals surface area (Å²) in [5, 5.41) is 42.3. The average Bonchev–Trinajstić information content (AvgIpc) is 3.64. The number of carbonyl (C=O) groups excluding carboxylic acids is 4. The maximum atomic E-state index is 12.5. The van der Waals surface area contributed by atoms with Gasteiger partial charge in [0.1, 0.15) is 24.3 Å². The van der Waals surface area contributed by atoms with E-state index in [4.69, 9.17) is 30.3 Å². The van der Waals surface area contributed by atoms with Gasteiger partial charge in [-0.3, -0.25) is 9.59 Å². The summed E-state index contributed by atoms with van der Waals surface area (Å²) in [5.74, 6) is -5.76. The molecule has 0 aliphatic rings. The van der Waals surface area contributed by atoms with Crippen LogP contribution in [-0.4, -0.2) is 89.8 Å². The first kappa shape index (κ1) is 67.5. The van der Waals surface area contributed by atoms with E-state index in [1.165, 1.54) is 38.5 Å². The number of unbranched alkanes of at least 4 members (excludes halogenated alkanes) is 10. The number of benzene rings is 1. The van der Waals surface area contributed by atoms with E-state index in [1.807, 2.05) is 42.2 Å². The van der Waals surface area contributed by atoms with Gasteiger partial charge in [0.2, 0.25) is 5.00 Å². The predicted molar refractivity (Wildman–Crippen MR) is 262 cm³/mol. The quantitative estimate of drug-likeness (QED) is 0.0234. The molecule has 0 saturated carbocycles. The third-order valence-electron chi connectivity index (χ3n) is 11.1. The van der Waals surface area contributed by atoms with Crippen LogP contribution in [0.15, 0.2) is 52.7 Å². The summed E-state index contributed by atoms with van der Waals surface area (Å²) in [4.78, 5) is 53.5. The molecule has 1 aromatic carbocycles. The Kier molecular flexibility index (Phi) is 40.9. The summed E-state index contributed by atoms with van der Waals surface area (Å²) >= 11 is 1.12. The van der Waals surface area contributed by atoms with Gasteiger partial charge in [-0.15, -0.1) is 21.6 Å². The number of carbonyl (C=O) groups is 4. The Morgan fingerprint density at radius 1 is 0.718 bits per heavy atom. The molecule has 0 N–H and O–H groups in total.